The van der Waals surface area contributed by atoms with Crippen LogP contribution < -0.4 is 14.3 Å². The number of fused-ring (bicyclic) bond motifs is 1. The van der Waals surface area contributed by atoms with Gasteiger partial charge >= 0.3 is 0 Å². The van der Waals surface area contributed by atoms with Gasteiger partial charge in [0.15, 0.2) is 4.80 Å². The zero-order valence-electron chi connectivity index (χ0n) is 14.6. The quantitative estimate of drug-likeness (QED) is 0.701. The summed E-state index contributed by atoms with van der Waals surface area (Å²) in [5, 5.41) is 4.13. The van der Waals surface area contributed by atoms with Crippen molar-refractivity contribution in [1.29, 1.82) is 0 Å². The molecule has 0 radical (unpaired) electrons. The van der Waals surface area contributed by atoms with Gasteiger partial charge in [-0.25, -0.2) is 0 Å². The van der Waals surface area contributed by atoms with E-state index in [1.165, 1.54) is 11.3 Å². The van der Waals surface area contributed by atoms with Gasteiger partial charge < -0.3 is 14.0 Å². The van der Waals surface area contributed by atoms with E-state index in [9.17, 15) is 4.79 Å². The molecule has 132 valence electrons. The van der Waals surface area contributed by atoms with Gasteiger partial charge in [0.25, 0.3) is 5.91 Å². The van der Waals surface area contributed by atoms with Crippen molar-refractivity contribution in [2.45, 2.75) is 26.9 Å². The third-order valence-corrected chi connectivity index (χ3v) is 5.03. The Hall–Kier alpha value is -2.61. The molecule has 0 N–H and O–H groups in total. The number of carbonyl (C=O) groups is 1. The molecule has 0 unspecified atom stereocenters. The Morgan fingerprint density at radius 3 is 2.52 bits per heavy atom. The number of rotatable bonds is 5. The van der Waals surface area contributed by atoms with E-state index >= 15 is 0 Å². The molecule has 0 bridgehead atoms. The molecule has 0 saturated heterocycles. The number of methoxy groups -OCH3 is 2. The Morgan fingerprint density at radius 1 is 1.16 bits per heavy atom. The molecular weight excluding hydrogens is 340 g/mol. The summed E-state index contributed by atoms with van der Waals surface area (Å²) in [7, 11) is 3.25. The summed E-state index contributed by atoms with van der Waals surface area (Å²) in [5.74, 6) is 1.14. The van der Waals surface area contributed by atoms with E-state index in [1.54, 1.807) is 31.2 Å². The van der Waals surface area contributed by atoms with Crippen molar-refractivity contribution in [3.05, 3.63) is 34.9 Å². The number of ether oxygens (including phenoxy) is 2. The molecule has 0 spiro atoms. The van der Waals surface area contributed by atoms with Crippen LogP contribution in [0.2, 0.25) is 0 Å². The number of thiazole rings is 1. The van der Waals surface area contributed by atoms with Crippen molar-refractivity contribution in [3.8, 4) is 11.5 Å². The Bertz CT molecular complexity index is 984. The van der Waals surface area contributed by atoms with Gasteiger partial charge in [-0.2, -0.15) is 10.1 Å². The van der Waals surface area contributed by atoms with Crippen LogP contribution in [-0.4, -0.2) is 34.5 Å². The minimum atomic E-state index is -0.314. The maximum absolute atomic E-state index is 12.6. The summed E-state index contributed by atoms with van der Waals surface area (Å²) >= 11 is 1.41. The highest BCUT2D eigenvalue weighted by Crippen LogP contribution is 2.35. The van der Waals surface area contributed by atoms with E-state index in [-0.39, 0.29) is 5.91 Å². The number of hydrogen-bond donors (Lipinski definition) is 0. The van der Waals surface area contributed by atoms with Gasteiger partial charge in [-0.15, -0.1) is 0 Å². The van der Waals surface area contributed by atoms with E-state index in [0.717, 1.165) is 21.7 Å². The molecule has 1 aromatic carbocycles. The van der Waals surface area contributed by atoms with Gasteiger partial charge in [0.05, 0.1) is 14.2 Å². The number of hydrogen-bond acceptors (Lipinski definition) is 5. The van der Waals surface area contributed by atoms with Crippen molar-refractivity contribution >= 4 is 27.5 Å². The molecule has 1 amide bonds. The molecule has 0 aliphatic rings. The van der Waals surface area contributed by atoms with Crippen LogP contribution in [0.5, 0.6) is 11.5 Å². The second kappa shape index (κ2) is 7.10. The monoisotopic (exact) mass is 360 g/mol. The average molecular weight is 360 g/mol. The molecule has 7 nitrogen and oxygen atoms in total. The summed E-state index contributed by atoms with van der Waals surface area (Å²) in [6.45, 7) is 5.21. The normalized spacial score (nSPS) is 11.9. The maximum atomic E-state index is 12.6. The lowest BCUT2D eigenvalue weighted by atomic mass is 10.3. The first-order valence-electron chi connectivity index (χ1n) is 7.99. The highest BCUT2D eigenvalue weighted by Gasteiger charge is 2.17. The molecule has 3 aromatic rings. The fourth-order valence-electron chi connectivity index (χ4n) is 2.74. The standard InChI is InChI=1S/C17H20N4O3S/c1-5-20-14-12(23-3)7-8-13(24-4)15(14)25-17(20)19-16(22)11-9-10-18-21(11)6-2/h7-10H,5-6H2,1-4H3. The Balaban J connectivity index is 2.24. The lowest BCUT2D eigenvalue weighted by Gasteiger charge is -2.08. The molecule has 0 fully saturated rings. The van der Waals surface area contributed by atoms with Gasteiger partial charge in [-0.05, 0) is 32.0 Å². The largest absolute Gasteiger partial charge is 0.495 e. The lowest BCUT2D eigenvalue weighted by Crippen LogP contribution is -2.17. The fourth-order valence-corrected chi connectivity index (χ4v) is 3.94. The van der Waals surface area contributed by atoms with E-state index < -0.39 is 0 Å². The summed E-state index contributed by atoms with van der Waals surface area (Å²) in [5.41, 5.74) is 1.35. The van der Waals surface area contributed by atoms with Crippen molar-refractivity contribution in [2.75, 3.05) is 14.2 Å². The second-order valence-corrected chi connectivity index (χ2v) is 6.20. The first kappa shape index (κ1) is 17.2. The molecule has 8 heteroatoms. The minimum absolute atomic E-state index is 0.314. The fraction of sp³-hybridized carbons (Fsp3) is 0.353. The molecule has 3 rings (SSSR count). The molecule has 0 aliphatic carbocycles. The number of aromatic nitrogens is 3. The summed E-state index contributed by atoms with van der Waals surface area (Å²) in [6, 6.07) is 5.40. The SMILES string of the molecule is CCn1nccc1C(=O)N=c1sc2c(OC)ccc(OC)c2n1CC. The van der Waals surface area contributed by atoms with Crippen LogP contribution in [0.15, 0.2) is 29.4 Å². The zero-order chi connectivity index (χ0) is 18.0. The minimum Gasteiger partial charge on any atom is -0.495 e. The second-order valence-electron chi connectivity index (χ2n) is 5.23. The van der Waals surface area contributed by atoms with Gasteiger partial charge in [-0.3, -0.25) is 9.48 Å². The number of benzene rings is 1. The van der Waals surface area contributed by atoms with Gasteiger partial charge in [0.1, 0.15) is 27.4 Å². The lowest BCUT2D eigenvalue weighted by molar-refractivity contribution is 0.0987. The van der Waals surface area contributed by atoms with Crippen LogP contribution in [-0.2, 0) is 13.1 Å². The van der Waals surface area contributed by atoms with Gasteiger partial charge in [-0.1, -0.05) is 11.3 Å². The topological polar surface area (TPSA) is 70.6 Å². The maximum Gasteiger partial charge on any atom is 0.297 e. The number of nitrogens with zero attached hydrogens (tertiary/aromatic N) is 4. The summed E-state index contributed by atoms with van der Waals surface area (Å²) in [4.78, 5) is 17.6. The van der Waals surface area contributed by atoms with Crippen LogP contribution in [0, 0.1) is 0 Å². The van der Waals surface area contributed by atoms with Gasteiger partial charge in [0.2, 0.25) is 0 Å². The average Bonchev–Trinajstić information content (AvgIpc) is 3.24. The summed E-state index contributed by atoms with van der Waals surface area (Å²) < 4.78 is 15.4. The van der Waals surface area contributed by atoms with E-state index in [2.05, 4.69) is 10.1 Å². The highest BCUT2D eigenvalue weighted by molar-refractivity contribution is 7.16. The number of aryl methyl sites for hydroxylation is 2. The zero-order valence-corrected chi connectivity index (χ0v) is 15.5. The van der Waals surface area contributed by atoms with E-state index in [1.807, 2.05) is 30.5 Å². The number of amides is 1. The van der Waals surface area contributed by atoms with Gasteiger partial charge in [0, 0.05) is 19.3 Å². The van der Waals surface area contributed by atoms with Crippen LogP contribution in [0.3, 0.4) is 0 Å². The molecule has 0 atom stereocenters. The predicted octanol–water partition coefficient (Wildman–Crippen LogP) is 2.70. The molecular formula is C17H20N4O3S. The van der Waals surface area contributed by atoms with Crippen molar-refractivity contribution in [2.24, 2.45) is 4.99 Å². The molecule has 0 aliphatic heterocycles. The third kappa shape index (κ3) is 2.93. The Morgan fingerprint density at radius 2 is 1.88 bits per heavy atom. The highest BCUT2D eigenvalue weighted by atomic mass is 32.1. The first-order valence-corrected chi connectivity index (χ1v) is 8.81. The van der Waals surface area contributed by atoms with Crippen LogP contribution in [0.25, 0.3) is 10.2 Å². The van der Waals surface area contributed by atoms with Crippen LogP contribution >= 0.6 is 11.3 Å². The van der Waals surface area contributed by atoms with E-state index in [4.69, 9.17) is 9.47 Å². The molecule has 25 heavy (non-hydrogen) atoms. The van der Waals surface area contributed by atoms with E-state index in [0.29, 0.717) is 23.6 Å². The molecule has 0 saturated carbocycles. The predicted molar refractivity (Wildman–Crippen MR) is 96.4 cm³/mol. The summed E-state index contributed by atoms with van der Waals surface area (Å²) in [6.07, 6.45) is 1.61. The Kier molecular flexibility index (Phi) is 4.89. The van der Waals surface area contributed by atoms with Crippen molar-refractivity contribution < 1.29 is 14.3 Å². The van der Waals surface area contributed by atoms with Crippen molar-refractivity contribution in [3.63, 3.8) is 0 Å². The van der Waals surface area contributed by atoms with Crippen LogP contribution in [0.4, 0.5) is 0 Å². The number of carbonyl (C=O) groups excluding carboxylic acids is 1. The molecule has 2 heterocycles. The first-order chi connectivity index (χ1) is 12.1. The Labute approximate surface area is 149 Å². The smallest absolute Gasteiger partial charge is 0.297 e. The molecule has 2 aromatic heterocycles. The third-order valence-electron chi connectivity index (χ3n) is 3.94. The van der Waals surface area contributed by atoms with Crippen molar-refractivity contribution in [1.82, 2.24) is 14.3 Å². The van der Waals surface area contributed by atoms with Crippen LogP contribution in [0.1, 0.15) is 24.3 Å².